The molecule has 0 spiro atoms. The van der Waals surface area contributed by atoms with Crippen molar-refractivity contribution in [1.29, 1.82) is 5.26 Å². The van der Waals surface area contributed by atoms with E-state index in [0.29, 0.717) is 23.0 Å². The van der Waals surface area contributed by atoms with Crippen molar-refractivity contribution in [3.05, 3.63) is 12.2 Å². The average Bonchev–Trinajstić information content (AvgIpc) is 2.88. The molecular weight excluding hydrogens is 236 g/mol. The van der Waals surface area contributed by atoms with Crippen LogP contribution in [0.2, 0.25) is 0 Å². The summed E-state index contributed by atoms with van der Waals surface area (Å²) in [5.41, 5.74) is 4.97. The Morgan fingerprint density at radius 1 is 1.41 bits per heavy atom. The lowest BCUT2D eigenvalue weighted by Crippen LogP contribution is -2.50. The van der Waals surface area contributed by atoms with E-state index in [0.717, 1.165) is 6.42 Å². The van der Waals surface area contributed by atoms with E-state index < -0.39 is 0 Å². The van der Waals surface area contributed by atoms with E-state index in [-0.39, 0.29) is 12.3 Å². The fourth-order valence-corrected chi connectivity index (χ4v) is 2.60. The van der Waals surface area contributed by atoms with Gasteiger partial charge in [0.25, 0.3) is 5.91 Å². The highest BCUT2D eigenvalue weighted by molar-refractivity contribution is 7.80. The zero-order valence-corrected chi connectivity index (χ0v) is 10.1. The number of hydrazine groups is 1. The number of hydrogen-bond acceptors (Lipinski definition) is 3. The fourth-order valence-electron chi connectivity index (χ4n) is 2.39. The van der Waals surface area contributed by atoms with E-state index in [1.807, 2.05) is 0 Å². The molecule has 0 radical (unpaired) electrons. The Labute approximate surface area is 105 Å². The third-order valence-electron chi connectivity index (χ3n) is 3.15. The first-order valence-electron chi connectivity index (χ1n) is 5.59. The van der Waals surface area contributed by atoms with E-state index in [9.17, 15) is 4.79 Å². The summed E-state index contributed by atoms with van der Waals surface area (Å²) in [4.78, 5) is 11.0. The molecule has 0 aromatic rings. The fraction of sp³-hybridized carbons (Fsp3) is 0.545. The second-order valence-corrected chi connectivity index (χ2v) is 4.78. The van der Waals surface area contributed by atoms with Crippen LogP contribution in [0.4, 0.5) is 0 Å². The number of nitrogens with one attached hydrogen (secondary N) is 3. The molecular formula is C11H14N4OS. The van der Waals surface area contributed by atoms with Crippen molar-refractivity contribution in [2.24, 2.45) is 11.8 Å². The lowest BCUT2D eigenvalue weighted by molar-refractivity contribution is -0.120. The van der Waals surface area contributed by atoms with E-state index in [2.05, 4.69) is 28.3 Å². The van der Waals surface area contributed by atoms with Gasteiger partial charge in [0.15, 0.2) is 5.11 Å². The number of thiocarbonyl (C=S) groups is 1. The minimum atomic E-state index is -0.385. The zero-order chi connectivity index (χ0) is 12.3. The van der Waals surface area contributed by atoms with E-state index in [4.69, 9.17) is 17.5 Å². The van der Waals surface area contributed by atoms with Crippen molar-refractivity contribution in [2.45, 2.75) is 25.3 Å². The van der Waals surface area contributed by atoms with Crippen LogP contribution in [-0.4, -0.2) is 17.1 Å². The van der Waals surface area contributed by atoms with Gasteiger partial charge < -0.3 is 5.32 Å². The number of amides is 1. The molecule has 1 fully saturated rings. The lowest BCUT2D eigenvalue weighted by atomic mass is 10.0. The standard InChI is InChI=1S/C11H14N4OS/c12-4-3-10(16)14-15-11(17)13-9-6-7-1-2-8(9)5-7/h1-2,7-9H,3,5-6H2,(H,14,16)(H2,13,15,17). The van der Waals surface area contributed by atoms with Crippen LogP contribution in [0.25, 0.3) is 0 Å². The number of nitriles is 1. The molecule has 17 heavy (non-hydrogen) atoms. The highest BCUT2D eigenvalue weighted by Gasteiger charge is 2.35. The summed E-state index contributed by atoms with van der Waals surface area (Å²) in [7, 11) is 0. The summed E-state index contributed by atoms with van der Waals surface area (Å²) in [5.74, 6) is 0.840. The van der Waals surface area contributed by atoms with E-state index in [1.165, 1.54) is 6.42 Å². The second-order valence-electron chi connectivity index (χ2n) is 4.37. The minimum absolute atomic E-state index is 0.174. The second kappa shape index (κ2) is 5.15. The molecule has 1 amide bonds. The SMILES string of the molecule is N#CCC(=O)NNC(=S)NC1CC2C=CC1C2. The maximum absolute atomic E-state index is 11.0. The molecule has 5 nitrogen and oxygen atoms in total. The summed E-state index contributed by atoms with van der Waals surface area (Å²) < 4.78 is 0. The van der Waals surface area contributed by atoms with Crippen LogP contribution in [0, 0.1) is 23.2 Å². The molecule has 1 saturated carbocycles. The van der Waals surface area contributed by atoms with Gasteiger partial charge in [0.2, 0.25) is 0 Å². The molecule has 3 atom stereocenters. The summed E-state index contributed by atoms with van der Waals surface area (Å²) in [5, 5.41) is 11.9. The van der Waals surface area contributed by atoms with Crippen molar-refractivity contribution in [2.75, 3.05) is 0 Å². The highest BCUT2D eigenvalue weighted by Crippen LogP contribution is 2.38. The topological polar surface area (TPSA) is 77.0 Å². The van der Waals surface area contributed by atoms with Crippen LogP contribution in [0.3, 0.4) is 0 Å². The number of hydrogen-bond donors (Lipinski definition) is 3. The number of rotatable bonds is 2. The predicted octanol–water partition coefficient (Wildman–Crippen LogP) is 0.360. The molecule has 0 saturated heterocycles. The van der Waals surface area contributed by atoms with Gasteiger partial charge in [0, 0.05) is 6.04 Å². The molecule has 2 rings (SSSR count). The zero-order valence-electron chi connectivity index (χ0n) is 9.27. The Morgan fingerprint density at radius 2 is 2.24 bits per heavy atom. The van der Waals surface area contributed by atoms with Gasteiger partial charge >= 0.3 is 0 Å². The van der Waals surface area contributed by atoms with Gasteiger partial charge in [-0.25, -0.2) is 0 Å². The van der Waals surface area contributed by atoms with E-state index >= 15 is 0 Å². The molecule has 3 unspecified atom stereocenters. The molecule has 6 heteroatoms. The van der Waals surface area contributed by atoms with Crippen molar-refractivity contribution < 1.29 is 4.79 Å². The summed E-state index contributed by atoms with van der Waals surface area (Å²) in [6.45, 7) is 0. The van der Waals surface area contributed by atoms with Crippen molar-refractivity contribution >= 4 is 23.2 Å². The van der Waals surface area contributed by atoms with Crippen LogP contribution in [0.1, 0.15) is 19.3 Å². The molecule has 3 N–H and O–H groups in total. The summed E-state index contributed by atoms with van der Waals surface area (Å²) >= 11 is 5.06. The third-order valence-corrected chi connectivity index (χ3v) is 3.37. The molecule has 0 aromatic carbocycles. The Morgan fingerprint density at radius 3 is 2.82 bits per heavy atom. The van der Waals surface area contributed by atoms with Gasteiger partial charge in [-0.15, -0.1) is 0 Å². The smallest absolute Gasteiger partial charge is 0.252 e. The van der Waals surface area contributed by atoms with Gasteiger partial charge in [-0.3, -0.25) is 15.6 Å². The predicted molar refractivity (Wildman–Crippen MR) is 66.4 cm³/mol. The molecule has 2 aliphatic carbocycles. The number of fused-ring (bicyclic) bond motifs is 2. The Bertz CT molecular complexity index is 401. The van der Waals surface area contributed by atoms with Crippen molar-refractivity contribution in [3.63, 3.8) is 0 Å². The number of allylic oxidation sites excluding steroid dienone is 1. The first-order chi connectivity index (χ1) is 8.19. The molecule has 2 aliphatic rings. The molecule has 0 aliphatic heterocycles. The first kappa shape index (κ1) is 11.9. The number of nitrogens with zero attached hydrogens (tertiary/aromatic N) is 1. The van der Waals surface area contributed by atoms with Crippen molar-refractivity contribution in [1.82, 2.24) is 16.2 Å². The largest absolute Gasteiger partial charge is 0.358 e. The maximum Gasteiger partial charge on any atom is 0.252 e. The normalized spacial score (nSPS) is 28.5. The third kappa shape index (κ3) is 2.94. The van der Waals surface area contributed by atoms with Gasteiger partial charge in [0.1, 0.15) is 6.42 Å². The molecule has 90 valence electrons. The van der Waals surface area contributed by atoms with Gasteiger partial charge in [-0.1, -0.05) is 12.2 Å². The summed E-state index contributed by atoms with van der Waals surface area (Å²) in [6.07, 6.45) is 6.60. The quantitative estimate of drug-likeness (QED) is 0.375. The number of carbonyl (C=O) groups excluding carboxylic acids is 1. The molecule has 0 aromatic heterocycles. The van der Waals surface area contributed by atoms with Gasteiger partial charge in [-0.2, -0.15) is 5.26 Å². The minimum Gasteiger partial charge on any atom is -0.358 e. The molecule has 0 heterocycles. The van der Waals surface area contributed by atoms with Gasteiger partial charge in [-0.05, 0) is 36.9 Å². The maximum atomic E-state index is 11.0. The Balaban J connectivity index is 1.70. The van der Waals surface area contributed by atoms with Crippen LogP contribution >= 0.6 is 12.2 Å². The van der Waals surface area contributed by atoms with Crippen LogP contribution in [0.15, 0.2) is 12.2 Å². The molecule has 2 bridgehead atoms. The van der Waals surface area contributed by atoms with E-state index in [1.54, 1.807) is 6.07 Å². The Hall–Kier alpha value is -1.61. The monoisotopic (exact) mass is 250 g/mol. The summed E-state index contributed by atoms with van der Waals surface area (Å²) in [6, 6.07) is 2.12. The van der Waals surface area contributed by atoms with Crippen LogP contribution < -0.4 is 16.2 Å². The average molecular weight is 250 g/mol. The number of carbonyl (C=O) groups is 1. The van der Waals surface area contributed by atoms with Crippen LogP contribution in [0.5, 0.6) is 0 Å². The van der Waals surface area contributed by atoms with Crippen LogP contribution in [-0.2, 0) is 4.79 Å². The van der Waals surface area contributed by atoms with Crippen molar-refractivity contribution in [3.8, 4) is 6.07 Å². The van der Waals surface area contributed by atoms with Gasteiger partial charge in [0.05, 0.1) is 6.07 Å². The Kier molecular flexibility index (Phi) is 3.59. The highest BCUT2D eigenvalue weighted by atomic mass is 32.1. The first-order valence-corrected chi connectivity index (χ1v) is 6.00. The lowest BCUT2D eigenvalue weighted by Gasteiger charge is -2.21.